The molecule has 0 heterocycles. The Morgan fingerprint density at radius 3 is 2.13 bits per heavy atom. The summed E-state index contributed by atoms with van der Waals surface area (Å²) in [6.07, 6.45) is 15.3. The summed E-state index contributed by atoms with van der Waals surface area (Å²) < 4.78 is 0. The van der Waals surface area contributed by atoms with E-state index in [2.05, 4.69) is 48.5 Å². The highest BCUT2D eigenvalue weighted by atomic mass is 16.3. The molecule has 4 aliphatic rings. The van der Waals surface area contributed by atoms with Crippen LogP contribution in [0.25, 0.3) is 0 Å². The van der Waals surface area contributed by atoms with Gasteiger partial charge in [0.15, 0.2) is 0 Å². The lowest BCUT2D eigenvalue weighted by molar-refractivity contribution is -0.149. The van der Waals surface area contributed by atoms with Crippen LogP contribution < -0.4 is 0 Å². The van der Waals surface area contributed by atoms with Crippen molar-refractivity contribution in [3.8, 4) is 0 Å². The molecule has 4 aliphatic carbocycles. The molecule has 2 unspecified atom stereocenters. The van der Waals surface area contributed by atoms with Crippen LogP contribution >= 0.6 is 0 Å². The average molecular weight is 431 g/mol. The van der Waals surface area contributed by atoms with E-state index < -0.39 is 0 Å². The molecular formula is C30H54O. The summed E-state index contributed by atoms with van der Waals surface area (Å²) >= 11 is 0. The largest absolute Gasteiger partial charge is 0.393 e. The molecule has 31 heavy (non-hydrogen) atoms. The Morgan fingerprint density at radius 1 is 0.806 bits per heavy atom. The van der Waals surface area contributed by atoms with Gasteiger partial charge in [0.2, 0.25) is 0 Å². The van der Waals surface area contributed by atoms with Gasteiger partial charge in [-0.25, -0.2) is 0 Å². The summed E-state index contributed by atoms with van der Waals surface area (Å²) in [6, 6.07) is 0. The van der Waals surface area contributed by atoms with E-state index in [0.717, 1.165) is 53.8 Å². The van der Waals surface area contributed by atoms with Crippen molar-refractivity contribution in [3.63, 3.8) is 0 Å². The fourth-order valence-corrected chi connectivity index (χ4v) is 10.4. The molecule has 0 aliphatic heterocycles. The third-order valence-electron chi connectivity index (χ3n) is 12.4. The summed E-state index contributed by atoms with van der Waals surface area (Å²) in [7, 11) is 0. The SMILES string of the molecule is CCC(CC[C@@H](C)[C@H]1CC[C@H]2[C@@H]3CCC4[C@H](C)[C@@H](O)CC[C@]4(C)[C@H]3CC[C@]12C)C(C)C. The van der Waals surface area contributed by atoms with Crippen LogP contribution in [0, 0.1) is 64.1 Å². The van der Waals surface area contributed by atoms with E-state index >= 15 is 0 Å². The van der Waals surface area contributed by atoms with Gasteiger partial charge in [0, 0.05) is 0 Å². The minimum absolute atomic E-state index is 0.0435. The number of aliphatic hydroxyl groups is 1. The molecular weight excluding hydrogens is 376 g/mol. The molecule has 11 atom stereocenters. The zero-order valence-electron chi connectivity index (χ0n) is 22.0. The van der Waals surface area contributed by atoms with Gasteiger partial charge in [-0.3, -0.25) is 0 Å². The molecule has 0 aromatic heterocycles. The Hall–Kier alpha value is -0.0400. The van der Waals surface area contributed by atoms with Crippen LogP contribution in [-0.4, -0.2) is 11.2 Å². The summed E-state index contributed by atoms with van der Waals surface area (Å²) in [5, 5.41) is 10.6. The van der Waals surface area contributed by atoms with Crippen molar-refractivity contribution in [2.75, 3.05) is 0 Å². The first-order valence-corrected chi connectivity index (χ1v) is 14.3. The van der Waals surface area contributed by atoms with Gasteiger partial charge in [0.25, 0.3) is 0 Å². The first-order chi connectivity index (χ1) is 14.6. The molecule has 0 radical (unpaired) electrons. The topological polar surface area (TPSA) is 20.2 Å². The molecule has 0 aromatic carbocycles. The van der Waals surface area contributed by atoms with Gasteiger partial charge in [-0.2, -0.15) is 0 Å². The Bertz CT molecular complexity index is 612. The lowest BCUT2D eigenvalue weighted by Crippen LogP contribution is -2.56. The number of hydrogen-bond acceptors (Lipinski definition) is 1. The van der Waals surface area contributed by atoms with E-state index in [1.807, 2.05) is 0 Å². The smallest absolute Gasteiger partial charge is 0.0568 e. The summed E-state index contributed by atoms with van der Waals surface area (Å²) in [6.45, 7) is 17.6. The van der Waals surface area contributed by atoms with Crippen molar-refractivity contribution in [2.45, 2.75) is 125 Å². The predicted octanol–water partition coefficient (Wildman–Crippen LogP) is 8.35. The maximum absolute atomic E-state index is 10.6. The maximum Gasteiger partial charge on any atom is 0.0568 e. The summed E-state index contributed by atoms with van der Waals surface area (Å²) in [4.78, 5) is 0. The number of fused-ring (bicyclic) bond motifs is 5. The van der Waals surface area contributed by atoms with Crippen molar-refractivity contribution in [1.29, 1.82) is 0 Å². The first kappa shape index (κ1) is 24.1. The number of aliphatic hydroxyl groups excluding tert-OH is 1. The highest BCUT2D eigenvalue weighted by Crippen LogP contribution is 2.69. The molecule has 180 valence electrons. The van der Waals surface area contributed by atoms with Gasteiger partial charge in [0.05, 0.1) is 6.10 Å². The van der Waals surface area contributed by atoms with Gasteiger partial charge in [0.1, 0.15) is 0 Å². The van der Waals surface area contributed by atoms with Crippen molar-refractivity contribution in [2.24, 2.45) is 64.1 Å². The fourth-order valence-electron chi connectivity index (χ4n) is 10.4. The minimum Gasteiger partial charge on any atom is -0.393 e. The van der Waals surface area contributed by atoms with Crippen LogP contribution in [0.4, 0.5) is 0 Å². The molecule has 0 saturated heterocycles. The van der Waals surface area contributed by atoms with Crippen molar-refractivity contribution >= 4 is 0 Å². The third-order valence-corrected chi connectivity index (χ3v) is 12.4. The highest BCUT2D eigenvalue weighted by Gasteiger charge is 2.61. The molecule has 0 amide bonds. The molecule has 0 spiro atoms. The number of hydrogen-bond donors (Lipinski definition) is 1. The second kappa shape index (κ2) is 8.96. The van der Waals surface area contributed by atoms with Crippen molar-refractivity contribution < 1.29 is 5.11 Å². The Morgan fingerprint density at radius 2 is 1.45 bits per heavy atom. The standard InChI is InChI=1S/C30H54O/c1-8-22(19(2)3)10-9-20(4)24-13-14-26-23-11-12-25-21(5)28(31)16-18-30(25,7)27(23)15-17-29(24,26)6/h19-28,31H,8-18H2,1-7H3/t20-,21+,22?,23+,24-,25?,26+,27+,28+,29-,30+/m1/s1. The van der Waals surface area contributed by atoms with Crippen LogP contribution in [0.5, 0.6) is 0 Å². The lowest BCUT2D eigenvalue weighted by atomic mass is 9.43. The van der Waals surface area contributed by atoms with E-state index in [4.69, 9.17) is 0 Å². The Labute approximate surface area is 194 Å². The molecule has 1 heteroatoms. The maximum atomic E-state index is 10.6. The molecule has 0 aromatic rings. The molecule has 1 nitrogen and oxygen atoms in total. The van der Waals surface area contributed by atoms with Gasteiger partial charge in [-0.05, 0) is 122 Å². The van der Waals surface area contributed by atoms with Crippen LogP contribution in [0.2, 0.25) is 0 Å². The molecule has 1 N–H and O–H groups in total. The normalized spacial score (nSPS) is 49.3. The highest BCUT2D eigenvalue weighted by molar-refractivity contribution is 5.10. The molecule has 4 rings (SSSR count). The molecule has 4 saturated carbocycles. The quantitative estimate of drug-likeness (QED) is 0.449. The number of rotatable bonds is 6. The van der Waals surface area contributed by atoms with E-state index in [0.29, 0.717) is 16.7 Å². The van der Waals surface area contributed by atoms with Gasteiger partial charge < -0.3 is 5.11 Å². The van der Waals surface area contributed by atoms with Gasteiger partial charge in [-0.1, -0.05) is 61.3 Å². The summed E-state index contributed by atoms with van der Waals surface area (Å²) in [5.41, 5.74) is 1.10. The molecule has 4 fully saturated rings. The third kappa shape index (κ3) is 3.95. The average Bonchev–Trinajstić information content (AvgIpc) is 3.08. The predicted molar refractivity (Wildman–Crippen MR) is 133 cm³/mol. The zero-order chi connectivity index (χ0) is 22.6. The molecule has 0 bridgehead atoms. The summed E-state index contributed by atoms with van der Waals surface area (Å²) in [5.74, 6) is 7.77. The van der Waals surface area contributed by atoms with E-state index in [1.165, 1.54) is 64.2 Å². The van der Waals surface area contributed by atoms with E-state index in [9.17, 15) is 5.11 Å². The van der Waals surface area contributed by atoms with Gasteiger partial charge in [-0.15, -0.1) is 0 Å². The monoisotopic (exact) mass is 430 g/mol. The Balaban J connectivity index is 1.46. The fraction of sp³-hybridized carbons (Fsp3) is 1.00. The van der Waals surface area contributed by atoms with Crippen LogP contribution in [0.3, 0.4) is 0 Å². The van der Waals surface area contributed by atoms with Crippen LogP contribution in [0.1, 0.15) is 119 Å². The van der Waals surface area contributed by atoms with Crippen LogP contribution in [-0.2, 0) is 0 Å². The van der Waals surface area contributed by atoms with Gasteiger partial charge >= 0.3 is 0 Å². The van der Waals surface area contributed by atoms with Crippen molar-refractivity contribution in [3.05, 3.63) is 0 Å². The zero-order valence-corrected chi connectivity index (χ0v) is 22.0. The van der Waals surface area contributed by atoms with E-state index in [1.54, 1.807) is 0 Å². The van der Waals surface area contributed by atoms with E-state index in [-0.39, 0.29) is 6.10 Å². The second-order valence-electron chi connectivity index (χ2n) is 13.7. The van der Waals surface area contributed by atoms with Crippen molar-refractivity contribution in [1.82, 2.24) is 0 Å². The Kier molecular flexibility index (Phi) is 6.96. The second-order valence-corrected chi connectivity index (χ2v) is 13.7. The lowest BCUT2D eigenvalue weighted by Gasteiger charge is -2.62. The minimum atomic E-state index is -0.0435. The van der Waals surface area contributed by atoms with Crippen LogP contribution in [0.15, 0.2) is 0 Å². The first-order valence-electron chi connectivity index (χ1n) is 14.3.